The largest absolute Gasteiger partial charge is 0.453 e. The molecule has 0 fully saturated rings. The molecule has 0 saturated heterocycles. The molecule has 0 spiro atoms. The maximum absolute atomic E-state index is 13.4. The highest BCUT2D eigenvalue weighted by molar-refractivity contribution is 5.89. The van der Waals surface area contributed by atoms with Crippen LogP contribution in [-0.4, -0.2) is 46.9 Å². The minimum atomic E-state index is -0.858. The SMILES string of the molecule is COCCO[C@@H]1c2ccn3c(C)c(C)nc3c2N[C@H](c2ccccc2)[C@H]1OC(=O)c1ccc(CO[N+](=O)[O-])cc1. The minimum absolute atomic E-state index is 0.210. The van der Waals surface area contributed by atoms with Crippen molar-refractivity contribution in [1.29, 1.82) is 0 Å². The summed E-state index contributed by atoms with van der Waals surface area (Å²) in [6.07, 6.45) is 0.595. The number of carbonyl (C=O) groups is 1. The third-order valence-electron chi connectivity index (χ3n) is 7.05. The van der Waals surface area contributed by atoms with Crippen LogP contribution in [0.15, 0.2) is 66.9 Å². The Bertz CT molecular complexity index is 1500. The number of fused-ring (bicyclic) bond motifs is 3. The molecule has 11 heteroatoms. The number of benzene rings is 2. The molecule has 0 unspecified atom stereocenters. The summed E-state index contributed by atoms with van der Waals surface area (Å²) in [6, 6.07) is 17.6. The fraction of sp³-hybridized carbons (Fsp3) is 0.310. The van der Waals surface area contributed by atoms with Gasteiger partial charge < -0.3 is 28.8 Å². The van der Waals surface area contributed by atoms with Gasteiger partial charge in [0, 0.05) is 24.6 Å². The zero-order valence-electron chi connectivity index (χ0n) is 22.4. The number of pyridine rings is 1. The van der Waals surface area contributed by atoms with Crippen molar-refractivity contribution in [3.8, 4) is 0 Å². The molecule has 0 amide bonds. The van der Waals surface area contributed by atoms with Crippen LogP contribution in [0.3, 0.4) is 0 Å². The van der Waals surface area contributed by atoms with Gasteiger partial charge in [0.2, 0.25) is 0 Å². The number of ether oxygens (including phenoxy) is 3. The van der Waals surface area contributed by atoms with Crippen molar-refractivity contribution in [2.45, 2.75) is 38.7 Å². The third kappa shape index (κ3) is 5.47. The molecule has 0 saturated carbocycles. The molecular weight excluding hydrogens is 516 g/mol. The van der Waals surface area contributed by atoms with Crippen molar-refractivity contribution in [3.63, 3.8) is 0 Å². The van der Waals surface area contributed by atoms with Crippen LogP contribution in [0.4, 0.5) is 5.69 Å². The Kier molecular flexibility index (Phi) is 7.94. The van der Waals surface area contributed by atoms with E-state index in [2.05, 4.69) is 10.2 Å². The molecule has 1 aliphatic rings. The predicted molar refractivity (Wildman–Crippen MR) is 145 cm³/mol. The average molecular weight is 547 g/mol. The van der Waals surface area contributed by atoms with Gasteiger partial charge in [0.05, 0.1) is 36.2 Å². The first-order valence-corrected chi connectivity index (χ1v) is 12.8. The number of carbonyl (C=O) groups excluding carboxylic acids is 1. The number of hydrogen-bond acceptors (Lipinski definition) is 9. The van der Waals surface area contributed by atoms with E-state index in [1.54, 1.807) is 31.4 Å². The smallest absolute Gasteiger partial charge is 0.338 e. The van der Waals surface area contributed by atoms with Crippen LogP contribution < -0.4 is 5.32 Å². The van der Waals surface area contributed by atoms with Crippen molar-refractivity contribution in [3.05, 3.63) is 111 Å². The Hall–Kier alpha value is -4.48. The monoisotopic (exact) mass is 546 g/mol. The van der Waals surface area contributed by atoms with Crippen LogP contribution in [-0.2, 0) is 25.7 Å². The van der Waals surface area contributed by atoms with Crippen LogP contribution in [0.5, 0.6) is 0 Å². The highest BCUT2D eigenvalue weighted by atomic mass is 16.9. The van der Waals surface area contributed by atoms with Gasteiger partial charge in [-0.2, -0.15) is 0 Å². The molecule has 5 rings (SSSR count). The number of aromatic nitrogens is 2. The normalized spacial score (nSPS) is 18.1. The summed E-state index contributed by atoms with van der Waals surface area (Å²) in [7, 11) is 1.60. The van der Waals surface area contributed by atoms with Crippen LogP contribution in [0.1, 0.15) is 50.6 Å². The lowest BCUT2D eigenvalue weighted by molar-refractivity contribution is -0.763. The molecule has 0 aliphatic carbocycles. The number of nitrogens with zero attached hydrogens (tertiary/aromatic N) is 3. The second kappa shape index (κ2) is 11.7. The average Bonchev–Trinajstić information content (AvgIpc) is 3.26. The van der Waals surface area contributed by atoms with Gasteiger partial charge >= 0.3 is 5.97 Å². The number of rotatable bonds is 10. The first-order valence-electron chi connectivity index (χ1n) is 12.8. The lowest BCUT2D eigenvalue weighted by Gasteiger charge is -2.40. The van der Waals surface area contributed by atoms with Gasteiger partial charge in [0.15, 0.2) is 11.8 Å². The van der Waals surface area contributed by atoms with Gasteiger partial charge in [-0.05, 0) is 43.2 Å². The van der Waals surface area contributed by atoms with E-state index in [0.717, 1.165) is 33.8 Å². The number of aryl methyl sites for hydroxylation is 2. The highest BCUT2D eigenvalue weighted by Crippen LogP contribution is 2.44. The lowest BCUT2D eigenvalue weighted by atomic mass is 9.88. The maximum Gasteiger partial charge on any atom is 0.338 e. The number of methoxy groups -OCH3 is 1. The summed E-state index contributed by atoms with van der Waals surface area (Å²) in [5.74, 6) is -0.549. The van der Waals surface area contributed by atoms with Crippen LogP contribution in [0.25, 0.3) is 5.65 Å². The number of nitrogens with one attached hydrogen (secondary N) is 1. The standard InChI is InChI=1S/C29H30N4O7/c1-18-19(2)32-14-13-23-25(28(32)30-18)31-24(21-7-5-4-6-8-21)27(26(23)38-16-15-37-3)40-29(34)22-11-9-20(10-12-22)17-39-33(35)36/h4-14,24,26-27,31H,15-17H2,1-3H3/t24-,26-,27-/m1/s1. The van der Waals surface area contributed by atoms with Gasteiger partial charge in [-0.1, -0.05) is 42.5 Å². The molecule has 11 nitrogen and oxygen atoms in total. The van der Waals surface area contributed by atoms with Crippen molar-refractivity contribution in [2.24, 2.45) is 0 Å². The zero-order valence-corrected chi connectivity index (χ0v) is 22.4. The van der Waals surface area contributed by atoms with E-state index >= 15 is 0 Å². The van der Waals surface area contributed by atoms with Gasteiger partial charge in [-0.3, -0.25) is 0 Å². The Labute approximate surface area is 230 Å². The Morgan fingerprint density at radius 1 is 1.07 bits per heavy atom. The fourth-order valence-electron chi connectivity index (χ4n) is 4.89. The summed E-state index contributed by atoms with van der Waals surface area (Å²) in [4.78, 5) is 33.2. The topological polar surface area (TPSA) is 126 Å². The molecule has 3 heterocycles. The molecule has 2 aromatic heterocycles. The molecule has 40 heavy (non-hydrogen) atoms. The Morgan fingerprint density at radius 3 is 2.52 bits per heavy atom. The predicted octanol–water partition coefficient (Wildman–Crippen LogP) is 4.76. The number of anilines is 1. The Morgan fingerprint density at radius 2 is 1.82 bits per heavy atom. The first-order chi connectivity index (χ1) is 19.4. The van der Waals surface area contributed by atoms with Gasteiger partial charge in [0.25, 0.3) is 5.09 Å². The molecular formula is C29H30N4O7. The Balaban J connectivity index is 1.53. The minimum Gasteiger partial charge on any atom is -0.453 e. The molecule has 1 aliphatic heterocycles. The molecule has 2 aromatic carbocycles. The van der Waals surface area contributed by atoms with E-state index < -0.39 is 29.3 Å². The highest BCUT2D eigenvalue weighted by Gasteiger charge is 2.42. The van der Waals surface area contributed by atoms with Crippen molar-refractivity contribution in [1.82, 2.24) is 9.38 Å². The molecule has 208 valence electrons. The number of imidazole rings is 1. The van der Waals surface area contributed by atoms with Crippen molar-refractivity contribution in [2.75, 3.05) is 25.6 Å². The quantitative estimate of drug-likeness (QED) is 0.130. The summed E-state index contributed by atoms with van der Waals surface area (Å²) >= 11 is 0. The van der Waals surface area contributed by atoms with Gasteiger partial charge in [0.1, 0.15) is 12.7 Å². The van der Waals surface area contributed by atoms with E-state index in [1.165, 1.54) is 0 Å². The summed E-state index contributed by atoms with van der Waals surface area (Å²) in [6.45, 7) is 4.44. The fourth-order valence-corrected chi connectivity index (χ4v) is 4.89. The summed E-state index contributed by atoms with van der Waals surface area (Å²) < 4.78 is 19.8. The van der Waals surface area contributed by atoms with Gasteiger partial charge in [-0.25, -0.2) is 9.78 Å². The van der Waals surface area contributed by atoms with E-state index in [0.29, 0.717) is 24.3 Å². The lowest BCUT2D eigenvalue weighted by Crippen LogP contribution is -2.41. The summed E-state index contributed by atoms with van der Waals surface area (Å²) in [5.41, 5.74) is 6.14. The maximum atomic E-state index is 13.4. The summed E-state index contributed by atoms with van der Waals surface area (Å²) in [5, 5.41) is 13.2. The second-order valence-electron chi connectivity index (χ2n) is 9.50. The number of hydrogen-bond donors (Lipinski definition) is 1. The second-order valence-corrected chi connectivity index (χ2v) is 9.50. The van der Waals surface area contributed by atoms with E-state index in [-0.39, 0.29) is 6.61 Å². The molecule has 1 N–H and O–H groups in total. The third-order valence-corrected chi connectivity index (χ3v) is 7.05. The molecule has 0 bridgehead atoms. The zero-order chi connectivity index (χ0) is 28.2. The molecule has 0 radical (unpaired) electrons. The molecule has 4 aromatic rings. The van der Waals surface area contributed by atoms with Gasteiger partial charge in [-0.15, -0.1) is 10.1 Å². The molecule has 3 atom stereocenters. The van der Waals surface area contributed by atoms with Crippen molar-refractivity contribution < 1.29 is 28.9 Å². The first kappa shape index (κ1) is 27.1. The van der Waals surface area contributed by atoms with Crippen molar-refractivity contribution >= 4 is 17.3 Å². The van der Waals surface area contributed by atoms with E-state index in [9.17, 15) is 14.9 Å². The number of esters is 1. The van der Waals surface area contributed by atoms with E-state index in [1.807, 2.05) is 60.8 Å². The van der Waals surface area contributed by atoms with Crippen LogP contribution in [0, 0.1) is 24.0 Å². The van der Waals surface area contributed by atoms with Crippen LogP contribution >= 0.6 is 0 Å². The van der Waals surface area contributed by atoms with E-state index in [4.69, 9.17) is 19.2 Å². The van der Waals surface area contributed by atoms with Crippen LogP contribution in [0.2, 0.25) is 0 Å².